The van der Waals surface area contributed by atoms with Crippen LogP contribution in [0.1, 0.15) is 39.9 Å². The summed E-state index contributed by atoms with van der Waals surface area (Å²) >= 11 is 0. The SMILES string of the molecule is Cn1cnc(S(=O)(=O)N2CCC(CN3C(=O)C(Cc4ccncc4)(Cc4ccncc4)N/C3=C\C(=O)c3ccc(C#N)cc3)CC2)c1. The van der Waals surface area contributed by atoms with Crippen molar-refractivity contribution in [2.45, 2.75) is 36.2 Å². The van der Waals surface area contributed by atoms with Gasteiger partial charge in [-0.3, -0.25) is 24.5 Å². The summed E-state index contributed by atoms with van der Waals surface area (Å²) in [6, 6.07) is 15.9. The van der Waals surface area contributed by atoms with Gasteiger partial charge in [-0.25, -0.2) is 13.4 Å². The third kappa shape index (κ3) is 6.84. The molecule has 0 aliphatic carbocycles. The van der Waals surface area contributed by atoms with Crippen LogP contribution in [-0.4, -0.2) is 74.0 Å². The molecule has 0 atom stereocenters. The number of piperidine rings is 1. The van der Waals surface area contributed by atoms with Gasteiger partial charge >= 0.3 is 0 Å². The summed E-state index contributed by atoms with van der Waals surface area (Å²) in [5.74, 6) is -0.110. The first-order valence-electron chi connectivity index (χ1n) is 15.3. The quantitative estimate of drug-likeness (QED) is 0.202. The Morgan fingerprint density at radius 3 is 2.13 bits per heavy atom. The molecule has 13 heteroatoms. The average molecular weight is 651 g/mol. The first-order chi connectivity index (χ1) is 22.7. The highest BCUT2D eigenvalue weighted by Crippen LogP contribution is 2.33. The number of benzene rings is 1. The molecule has 240 valence electrons. The highest BCUT2D eigenvalue weighted by atomic mass is 32.2. The molecule has 5 heterocycles. The van der Waals surface area contributed by atoms with E-state index in [0.29, 0.717) is 62.3 Å². The molecule has 0 bridgehead atoms. The zero-order valence-corrected chi connectivity index (χ0v) is 26.7. The van der Waals surface area contributed by atoms with E-state index in [-0.39, 0.29) is 22.6 Å². The van der Waals surface area contributed by atoms with Gasteiger partial charge in [-0.15, -0.1) is 0 Å². The van der Waals surface area contributed by atoms with E-state index in [0.717, 1.165) is 11.1 Å². The van der Waals surface area contributed by atoms with E-state index in [1.54, 1.807) is 65.6 Å². The lowest BCUT2D eigenvalue weighted by Gasteiger charge is -2.33. The van der Waals surface area contributed by atoms with Crippen LogP contribution in [0, 0.1) is 17.2 Å². The standard InChI is InChI=1S/C34H34N8O4S/c1-40-23-32(38-24-40)47(45,46)41-16-10-28(11-17-41)22-42-31(18-30(43)29-4-2-27(21-35)3-5-29)39-34(33(42)44,19-25-6-12-36-13-7-25)20-26-8-14-37-15-9-26/h2-9,12-15,18,23-24,28,39H,10-11,16-17,19-20,22H2,1H3/b31-18+. The Balaban J connectivity index is 1.30. The minimum atomic E-state index is -3.73. The zero-order chi connectivity index (χ0) is 33.0. The lowest BCUT2D eigenvalue weighted by Crippen LogP contribution is -2.51. The highest BCUT2D eigenvalue weighted by Gasteiger charge is 2.50. The molecule has 47 heavy (non-hydrogen) atoms. The molecule has 0 unspecified atom stereocenters. The van der Waals surface area contributed by atoms with Crippen LogP contribution in [0.3, 0.4) is 0 Å². The molecule has 1 aromatic carbocycles. The van der Waals surface area contributed by atoms with E-state index < -0.39 is 15.6 Å². The Kier molecular flexibility index (Phi) is 8.97. The largest absolute Gasteiger partial charge is 0.357 e. The Hall–Kier alpha value is -5.19. The molecular weight excluding hydrogens is 616 g/mol. The van der Waals surface area contributed by atoms with Crippen LogP contribution in [0.25, 0.3) is 0 Å². The number of pyridine rings is 2. The second kappa shape index (κ2) is 13.3. The molecule has 12 nitrogen and oxygen atoms in total. The van der Waals surface area contributed by atoms with Crippen LogP contribution < -0.4 is 5.32 Å². The van der Waals surface area contributed by atoms with Gasteiger partial charge in [0.05, 0.1) is 18.0 Å². The van der Waals surface area contributed by atoms with E-state index in [2.05, 4.69) is 26.3 Å². The van der Waals surface area contributed by atoms with Crippen LogP contribution >= 0.6 is 0 Å². The van der Waals surface area contributed by atoms with Gasteiger partial charge in [-0.2, -0.15) is 9.57 Å². The number of rotatable bonds is 10. The van der Waals surface area contributed by atoms with Crippen molar-refractivity contribution >= 4 is 21.7 Å². The number of nitrogens with one attached hydrogen (secondary N) is 1. The van der Waals surface area contributed by atoms with Crippen LogP contribution in [0.4, 0.5) is 0 Å². The third-order valence-electron chi connectivity index (χ3n) is 8.69. The molecule has 2 aliphatic rings. The van der Waals surface area contributed by atoms with Gasteiger partial charge in [0.25, 0.3) is 15.9 Å². The fourth-order valence-electron chi connectivity index (χ4n) is 6.19. The molecule has 4 aromatic rings. The number of aryl methyl sites for hydroxylation is 1. The number of nitrogens with zero attached hydrogens (tertiary/aromatic N) is 7. The molecular formula is C34H34N8O4S. The predicted octanol–water partition coefficient (Wildman–Crippen LogP) is 2.86. The molecule has 0 saturated carbocycles. The van der Waals surface area contributed by atoms with E-state index in [9.17, 15) is 23.3 Å². The average Bonchev–Trinajstić information content (AvgIpc) is 3.63. The second-order valence-electron chi connectivity index (χ2n) is 12.0. The van der Waals surface area contributed by atoms with Gasteiger partial charge in [0.1, 0.15) is 11.4 Å². The van der Waals surface area contributed by atoms with Gasteiger partial charge in [0, 0.05) is 82.1 Å². The maximum absolute atomic E-state index is 14.7. The first-order valence-corrected chi connectivity index (χ1v) is 16.7. The predicted molar refractivity (Wildman–Crippen MR) is 172 cm³/mol. The molecule has 2 saturated heterocycles. The third-order valence-corrected chi connectivity index (χ3v) is 10.5. The number of allylic oxidation sites excluding steroid dienone is 1. The maximum atomic E-state index is 14.7. The van der Waals surface area contributed by atoms with E-state index in [4.69, 9.17) is 0 Å². The molecule has 3 aromatic heterocycles. The van der Waals surface area contributed by atoms with Gasteiger partial charge in [0.15, 0.2) is 10.8 Å². The van der Waals surface area contributed by atoms with Gasteiger partial charge < -0.3 is 9.88 Å². The van der Waals surface area contributed by atoms with Crippen molar-refractivity contribution in [1.82, 2.24) is 34.0 Å². The Bertz CT molecular complexity index is 1890. The second-order valence-corrected chi connectivity index (χ2v) is 13.9. The molecule has 6 rings (SSSR count). The number of ketones is 1. The van der Waals surface area contributed by atoms with Crippen molar-refractivity contribution in [3.63, 3.8) is 0 Å². The minimum Gasteiger partial charge on any atom is -0.357 e. The zero-order valence-electron chi connectivity index (χ0n) is 25.9. The summed E-state index contributed by atoms with van der Waals surface area (Å²) in [4.78, 5) is 42.1. The number of hydrogen-bond donors (Lipinski definition) is 1. The summed E-state index contributed by atoms with van der Waals surface area (Å²) < 4.78 is 29.4. The van der Waals surface area contributed by atoms with Crippen molar-refractivity contribution in [2.75, 3.05) is 19.6 Å². The Labute approximate surface area is 273 Å². The highest BCUT2D eigenvalue weighted by molar-refractivity contribution is 7.89. The number of carbonyl (C=O) groups excluding carboxylic acids is 2. The minimum absolute atomic E-state index is 0.0120. The van der Waals surface area contributed by atoms with Crippen LogP contribution in [0.15, 0.2) is 103 Å². The molecule has 1 amide bonds. The van der Waals surface area contributed by atoms with E-state index >= 15 is 0 Å². The van der Waals surface area contributed by atoms with Gasteiger partial charge in [-0.05, 0) is 78.4 Å². The monoisotopic (exact) mass is 650 g/mol. The summed E-state index contributed by atoms with van der Waals surface area (Å²) in [5.41, 5.74) is 1.53. The smallest absolute Gasteiger partial charge is 0.262 e. The van der Waals surface area contributed by atoms with Gasteiger partial charge in [0.2, 0.25) is 0 Å². The summed E-state index contributed by atoms with van der Waals surface area (Å²) in [5, 5.41) is 12.7. The van der Waals surface area contributed by atoms with Crippen molar-refractivity contribution in [3.8, 4) is 6.07 Å². The summed E-state index contributed by atoms with van der Waals surface area (Å²) in [6.07, 6.45) is 12.9. The topological polar surface area (TPSA) is 154 Å². The number of sulfonamides is 1. The maximum Gasteiger partial charge on any atom is 0.262 e. The number of hydrogen-bond acceptors (Lipinski definition) is 9. The normalized spacial score (nSPS) is 17.8. The van der Waals surface area contributed by atoms with Crippen LogP contribution in [-0.2, 0) is 34.7 Å². The van der Waals surface area contributed by atoms with Gasteiger partial charge in [-0.1, -0.05) is 0 Å². The number of aromatic nitrogens is 4. The Morgan fingerprint density at radius 1 is 1.00 bits per heavy atom. The van der Waals surface area contributed by atoms with Crippen molar-refractivity contribution < 1.29 is 18.0 Å². The van der Waals surface area contributed by atoms with E-state index in [1.165, 1.54) is 22.9 Å². The van der Waals surface area contributed by atoms with Crippen LogP contribution in [0.2, 0.25) is 0 Å². The molecule has 1 N–H and O–H groups in total. The number of carbonyl (C=O) groups is 2. The van der Waals surface area contributed by atoms with Crippen molar-refractivity contribution in [1.29, 1.82) is 5.26 Å². The first kappa shape index (κ1) is 31.8. The van der Waals surface area contributed by atoms with E-state index in [1.807, 2.05) is 24.3 Å². The molecule has 0 spiro atoms. The fourth-order valence-corrected chi connectivity index (χ4v) is 7.63. The lowest BCUT2D eigenvalue weighted by molar-refractivity contribution is -0.132. The number of amides is 1. The Morgan fingerprint density at radius 2 is 1.60 bits per heavy atom. The molecule has 2 aliphatic heterocycles. The number of nitriles is 1. The van der Waals surface area contributed by atoms with Crippen LogP contribution in [0.5, 0.6) is 0 Å². The number of imidazole rings is 1. The summed E-state index contributed by atoms with van der Waals surface area (Å²) in [6.45, 7) is 0.896. The summed E-state index contributed by atoms with van der Waals surface area (Å²) in [7, 11) is -2.01. The lowest BCUT2D eigenvalue weighted by atomic mass is 9.84. The van der Waals surface area contributed by atoms with Crippen molar-refractivity contribution in [2.24, 2.45) is 13.0 Å². The molecule has 0 radical (unpaired) electrons. The molecule has 2 fully saturated rings. The van der Waals surface area contributed by atoms with Crippen molar-refractivity contribution in [3.05, 3.63) is 120 Å². The fraction of sp³-hybridized carbons (Fsp3) is 0.294.